The summed E-state index contributed by atoms with van der Waals surface area (Å²) in [7, 11) is 5.46. The molecule has 4 heteroatoms. The van der Waals surface area contributed by atoms with Crippen LogP contribution in [-0.2, 0) is 23.4 Å². The molecular weight excluding hydrogens is 631 g/mol. The Balaban J connectivity index is 0.000000446. The van der Waals surface area contributed by atoms with E-state index in [1.165, 1.54) is 26.3 Å². The molecule has 41 heavy (non-hydrogen) atoms. The molecule has 0 saturated carbocycles. The Labute approximate surface area is 267 Å². The molecule has 0 radical (unpaired) electrons. The van der Waals surface area contributed by atoms with Crippen LogP contribution in [0.25, 0.3) is 5.57 Å². The Morgan fingerprint density at radius 2 is 1.51 bits per heavy atom. The Kier molecular flexibility index (Phi) is 13.6. The van der Waals surface area contributed by atoms with Gasteiger partial charge in [-0.25, -0.2) is 0 Å². The first-order valence-corrected chi connectivity index (χ1v) is 19.4. The van der Waals surface area contributed by atoms with E-state index in [0.29, 0.717) is 24.3 Å². The zero-order valence-electron chi connectivity index (χ0n) is 27.8. The van der Waals surface area contributed by atoms with Crippen LogP contribution in [0.5, 0.6) is 0 Å². The van der Waals surface area contributed by atoms with Crippen LogP contribution in [0.2, 0.25) is 0 Å². The SMILES string of the molecule is CC(C)c1ccc(C2=CC=CCC2(C(C)C)P(C(C)(C)C)C(C)(C)C)c(C(C)C)c1.NCCc1cccc[c]1[Pd][Cl]. The third-order valence-electron chi connectivity index (χ3n) is 8.05. The molecule has 0 fully saturated rings. The van der Waals surface area contributed by atoms with Gasteiger partial charge < -0.3 is 0 Å². The molecule has 0 amide bonds. The van der Waals surface area contributed by atoms with Crippen molar-refractivity contribution in [3.05, 3.63) is 82.9 Å². The molecule has 1 aliphatic carbocycles. The topological polar surface area (TPSA) is 26.0 Å². The molecule has 2 N–H and O–H groups in total. The fraction of sp³-hybridized carbons (Fsp3) is 0.568. The number of allylic oxidation sites excluding steroid dienone is 4. The van der Waals surface area contributed by atoms with Gasteiger partial charge in [0.15, 0.2) is 0 Å². The number of benzene rings is 2. The van der Waals surface area contributed by atoms with Gasteiger partial charge >= 0.3 is 79.1 Å². The summed E-state index contributed by atoms with van der Waals surface area (Å²) in [5, 5.41) is 0.736. The first-order valence-electron chi connectivity index (χ1n) is 15.3. The summed E-state index contributed by atoms with van der Waals surface area (Å²) in [6, 6.07) is 15.5. The van der Waals surface area contributed by atoms with Crippen molar-refractivity contribution >= 4 is 27.1 Å². The van der Waals surface area contributed by atoms with E-state index in [-0.39, 0.29) is 40.3 Å². The first kappa shape index (κ1) is 36.5. The van der Waals surface area contributed by atoms with Crippen molar-refractivity contribution < 1.29 is 17.0 Å². The molecule has 2 aromatic carbocycles. The number of nitrogens with two attached hydrogens (primary N) is 1. The maximum atomic E-state index is 5.78. The van der Waals surface area contributed by atoms with Crippen LogP contribution in [0, 0.1) is 5.92 Å². The van der Waals surface area contributed by atoms with Gasteiger partial charge in [-0.05, 0) is 56.8 Å². The summed E-state index contributed by atoms with van der Waals surface area (Å²) in [6.07, 6.45) is 9.30. The van der Waals surface area contributed by atoms with Gasteiger partial charge in [-0.3, -0.25) is 0 Å². The monoisotopic (exact) mass is 687 g/mol. The van der Waals surface area contributed by atoms with Crippen LogP contribution in [0.3, 0.4) is 0 Å². The van der Waals surface area contributed by atoms with Crippen molar-refractivity contribution in [1.82, 2.24) is 0 Å². The molecule has 0 heterocycles. The Bertz CT molecular complexity index is 1170. The van der Waals surface area contributed by atoms with E-state index in [2.05, 4.69) is 132 Å². The van der Waals surface area contributed by atoms with E-state index >= 15 is 0 Å². The van der Waals surface area contributed by atoms with Gasteiger partial charge in [0.1, 0.15) is 0 Å². The Hall–Kier alpha value is -0.738. The molecule has 0 spiro atoms. The maximum absolute atomic E-state index is 5.78. The average molecular weight is 689 g/mol. The van der Waals surface area contributed by atoms with Crippen molar-refractivity contribution in [2.45, 2.75) is 123 Å². The zero-order chi connectivity index (χ0) is 31.2. The summed E-state index contributed by atoms with van der Waals surface area (Å²) >= 11 is 0.176. The average Bonchev–Trinajstić information content (AvgIpc) is 2.87. The standard InChI is InChI=1S/C29H47P.C8H10N.ClH.Pd/c1-20(2)23-16-17-24(25(19-23)21(3)4)26-15-13-14-18-29(26,22(5)6)30(27(7,8)9)28(10,11)12;9-7-6-8-4-2-1-3-5-8;;/h13-17,19-22H,18H2,1-12H3;1-4H,6-7,9H2;1H;/q;;;+1/p-1. The summed E-state index contributed by atoms with van der Waals surface area (Å²) in [5.41, 5.74) is 12.8. The van der Waals surface area contributed by atoms with Crippen molar-refractivity contribution in [2.24, 2.45) is 11.7 Å². The van der Waals surface area contributed by atoms with Gasteiger partial charge in [0, 0.05) is 5.16 Å². The summed E-state index contributed by atoms with van der Waals surface area (Å²) < 4.78 is 1.24. The fourth-order valence-corrected chi connectivity index (χ4v) is 13.9. The first-order chi connectivity index (χ1) is 19.0. The normalized spacial score (nSPS) is 17.9. The number of rotatable bonds is 8. The molecule has 3 rings (SSSR count). The summed E-state index contributed by atoms with van der Waals surface area (Å²) in [4.78, 5) is 0. The van der Waals surface area contributed by atoms with Crippen molar-refractivity contribution in [1.29, 1.82) is 0 Å². The predicted octanol–water partition coefficient (Wildman–Crippen LogP) is 10.8. The van der Waals surface area contributed by atoms with Crippen LogP contribution < -0.4 is 9.77 Å². The Morgan fingerprint density at radius 3 is 2.00 bits per heavy atom. The van der Waals surface area contributed by atoms with E-state index in [1.54, 1.807) is 5.57 Å². The van der Waals surface area contributed by atoms with Gasteiger partial charge in [0.2, 0.25) is 0 Å². The van der Waals surface area contributed by atoms with Crippen molar-refractivity contribution in [2.75, 3.05) is 6.54 Å². The molecule has 0 bridgehead atoms. The molecule has 0 aromatic heterocycles. The van der Waals surface area contributed by atoms with Crippen molar-refractivity contribution in [3.8, 4) is 0 Å². The van der Waals surface area contributed by atoms with Crippen molar-refractivity contribution in [3.63, 3.8) is 0 Å². The predicted molar refractivity (Wildman–Crippen MR) is 185 cm³/mol. The fourth-order valence-electron chi connectivity index (χ4n) is 6.77. The molecule has 2 aromatic rings. The van der Waals surface area contributed by atoms with Gasteiger partial charge in [-0.15, -0.1) is 0 Å². The van der Waals surface area contributed by atoms with E-state index in [4.69, 9.17) is 15.3 Å². The van der Waals surface area contributed by atoms with Gasteiger partial charge in [-0.2, -0.15) is 0 Å². The zero-order valence-corrected chi connectivity index (χ0v) is 31.1. The third kappa shape index (κ3) is 8.90. The molecule has 232 valence electrons. The number of hydrogen-bond donors (Lipinski definition) is 1. The van der Waals surface area contributed by atoms with E-state index in [0.717, 1.165) is 12.8 Å². The summed E-state index contributed by atoms with van der Waals surface area (Å²) in [6.45, 7) is 29.8. The molecular formula is C37H57ClNPPd. The molecule has 1 aliphatic rings. The van der Waals surface area contributed by atoms with Gasteiger partial charge in [0.25, 0.3) is 0 Å². The number of hydrogen-bond acceptors (Lipinski definition) is 1. The van der Waals surface area contributed by atoms with Crippen LogP contribution in [-0.4, -0.2) is 22.0 Å². The third-order valence-corrected chi connectivity index (χ3v) is 14.3. The van der Waals surface area contributed by atoms with E-state index in [1.807, 2.05) is 12.1 Å². The second-order valence-corrected chi connectivity index (χ2v) is 20.3. The minimum atomic E-state index is -0.319. The quantitative estimate of drug-likeness (QED) is 0.217. The Morgan fingerprint density at radius 1 is 0.902 bits per heavy atom. The van der Waals surface area contributed by atoms with E-state index < -0.39 is 0 Å². The van der Waals surface area contributed by atoms with Crippen LogP contribution in [0.1, 0.15) is 124 Å². The van der Waals surface area contributed by atoms with Gasteiger partial charge in [0.05, 0.1) is 0 Å². The second-order valence-electron chi connectivity index (χ2n) is 14.3. The summed E-state index contributed by atoms with van der Waals surface area (Å²) in [5.74, 6) is 1.67. The molecule has 1 nitrogen and oxygen atoms in total. The van der Waals surface area contributed by atoms with Crippen LogP contribution in [0.4, 0.5) is 0 Å². The molecule has 0 saturated heterocycles. The van der Waals surface area contributed by atoms with E-state index in [9.17, 15) is 0 Å². The molecule has 1 atom stereocenters. The molecule has 1 unspecified atom stereocenters. The second kappa shape index (κ2) is 15.3. The van der Waals surface area contributed by atoms with Crippen LogP contribution >= 0.6 is 17.5 Å². The van der Waals surface area contributed by atoms with Gasteiger partial charge in [-0.1, -0.05) is 127 Å². The van der Waals surface area contributed by atoms with Crippen LogP contribution in [0.15, 0.2) is 60.7 Å². The number of halogens is 1. The minimum absolute atomic E-state index is 0.176. The molecule has 0 aliphatic heterocycles.